The molecule has 0 aromatic rings. The molecule has 3 nitrogen and oxygen atoms in total. The second-order valence-corrected chi connectivity index (χ2v) is 6.47. The van der Waals surface area contributed by atoms with Crippen molar-refractivity contribution < 1.29 is 4.74 Å². The van der Waals surface area contributed by atoms with Gasteiger partial charge in [-0.05, 0) is 52.2 Å². The Labute approximate surface area is 119 Å². The molecule has 3 unspecified atom stereocenters. The SMILES string of the molecule is CCOC1CC(NC2CCN(CC)CC2)C1(C)CC. The predicted molar refractivity (Wildman–Crippen MR) is 80.5 cm³/mol. The number of nitrogens with one attached hydrogen (secondary N) is 1. The summed E-state index contributed by atoms with van der Waals surface area (Å²) in [6.07, 6.45) is 5.50. The van der Waals surface area contributed by atoms with Gasteiger partial charge < -0.3 is 15.0 Å². The smallest absolute Gasteiger partial charge is 0.0658 e. The molecule has 2 rings (SSSR count). The Balaban J connectivity index is 1.81. The first kappa shape index (κ1) is 15.3. The van der Waals surface area contributed by atoms with Crippen LogP contribution in [0.25, 0.3) is 0 Å². The molecule has 112 valence electrons. The van der Waals surface area contributed by atoms with Crippen LogP contribution in [-0.4, -0.2) is 49.3 Å². The van der Waals surface area contributed by atoms with Crippen LogP contribution in [0.2, 0.25) is 0 Å². The van der Waals surface area contributed by atoms with Crippen molar-refractivity contribution in [2.45, 2.75) is 71.6 Å². The fourth-order valence-corrected chi connectivity index (χ4v) is 3.71. The predicted octanol–water partition coefficient (Wildman–Crippen LogP) is 2.65. The van der Waals surface area contributed by atoms with Gasteiger partial charge in [0.1, 0.15) is 0 Å². The fraction of sp³-hybridized carbons (Fsp3) is 1.00. The monoisotopic (exact) mass is 268 g/mol. The lowest BCUT2D eigenvalue weighted by Crippen LogP contribution is -2.64. The lowest BCUT2D eigenvalue weighted by atomic mass is 9.61. The summed E-state index contributed by atoms with van der Waals surface area (Å²) in [7, 11) is 0. The van der Waals surface area contributed by atoms with Crippen molar-refractivity contribution in [3.8, 4) is 0 Å². The van der Waals surface area contributed by atoms with E-state index in [-0.39, 0.29) is 0 Å². The third kappa shape index (κ3) is 3.14. The number of hydrogen-bond donors (Lipinski definition) is 1. The molecule has 1 heterocycles. The van der Waals surface area contributed by atoms with Crippen molar-refractivity contribution in [3.05, 3.63) is 0 Å². The number of ether oxygens (including phenoxy) is 1. The maximum absolute atomic E-state index is 5.89. The van der Waals surface area contributed by atoms with Crippen LogP contribution in [0.3, 0.4) is 0 Å². The van der Waals surface area contributed by atoms with Gasteiger partial charge in [0.15, 0.2) is 0 Å². The first-order valence-corrected chi connectivity index (χ1v) is 8.24. The van der Waals surface area contributed by atoms with Gasteiger partial charge in [0.05, 0.1) is 6.10 Å². The van der Waals surface area contributed by atoms with Crippen LogP contribution < -0.4 is 5.32 Å². The van der Waals surface area contributed by atoms with Gasteiger partial charge in [0.25, 0.3) is 0 Å². The Hall–Kier alpha value is -0.120. The molecule has 0 aromatic heterocycles. The van der Waals surface area contributed by atoms with Crippen LogP contribution in [0.4, 0.5) is 0 Å². The highest BCUT2D eigenvalue weighted by atomic mass is 16.5. The molecular weight excluding hydrogens is 236 g/mol. The molecule has 0 spiro atoms. The van der Waals surface area contributed by atoms with Crippen molar-refractivity contribution in [2.24, 2.45) is 5.41 Å². The van der Waals surface area contributed by atoms with Gasteiger partial charge in [-0.15, -0.1) is 0 Å². The van der Waals surface area contributed by atoms with Crippen molar-refractivity contribution in [1.29, 1.82) is 0 Å². The summed E-state index contributed by atoms with van der Waals surface area (Å²) in [5.41, 5.74) is 0.345. The van der Waals surface area contributed by atoms with E-state index in [4.69, 9.17) is 4.74 Å². The third-order valence-electron chi connectivity index (χ3n) is 5.58. The quantitative estimate of drug-likeness (QED) is 0.801. The summed E-state index contributed by atoms with van der Waals surface area (Å²) in [4.78, 5) is 2.56. The molecule has 1 saturated heterocycles. The van der Waals surface area contributed by atoms with E-state index in [1.807, 2.05) is 0 Å². The molecule has 1 aliphatic carbocycles. The molecule has 0 bridgehead atoms. The Bertz CT molecular complexity index is 276. The number of nitrogens with zero attached hydrogens (tertiary/aromatic N) is 1. The second-order valence-electron chi connectivity index (χ2n) is 6.47. The molecule has 1 aliphatic heterocycles. The van der Waals surface area contributed by atoms with Gasteiger partial charge in [-0.2, -0.15) is 0 Å². The molecule has 1 saturated carbocycles. The maximum Gasteiger partial charge on any atom is 0.0658 e. The van der Waals surface area contributed by atoms with E-state index in [2.05, 4.69) is 37.9 Å². The molecule has 3 heteroatoms. The van der Waals surface area contributed by atoms with Gasteiger partial charge in [-0.25, -0.2) is 0 Å². The molecule has 1 N–H and O–H groups in total. The van der Waals surface area contributed by atoms with Crippen LogP contribution >= 0.6 is 0 Å². The zero-order chi connectivity index (χ0) is 13.9. The summed E-state index contributed by atoms with van der Waals surface area (Å²) < 4.78 is 5.89. The molecule has 0 aromatic carbocycles. The summed E-state index contributed by atoms with van der Waals surface area (Å²) in [5.74, 6) is 0. The van der Waals surface area contributed by atoms with E-state index >= 15 is 0 Å². The molecule has 2 fully saturated rings. The zero-order valence-corrected chi connectivity index (χ0v) is 13.2. The van der Waals surface area contributed by atoms with Gasteiger partial charge in [-0.1, -0.05) is 20.8 Å². The van der Waals surface area contributed by atoms with E-state index in [0.29, 0.717) is 17.6 Å². The maximum atomic E-state index is 5.89. The molecule has 0 radical (unpaired) electrons. The Morgan fingerprint density at radius 1 is 1.21 bits per heavy atom. The Kier molecular flexibility index (Phi) is 5.27. The van der Waals surface area contributed by atoms with Crippen LogP contribution in [0.1, 0.15) is 53.4 Å². The van der Waals surface area contributed by atoms with Gasteiger partial charge in [-0.3, -0.25) is 0 Å². The third-order valence-corrected chi connectivity index (χ3v) is 5.58. The minimum absolute atomic E-state index is 0.345. The highest BCUT2D eigenvalue weighted by molar-refractivity contribution is 5.05. The average molecular weight is 268 g/mol. The topological polar surface area (TPSA) is 24.5 Å². The molecule has 2 aliphatic rings. The van der Waals surface area contributed by atoms with Gasteiger partial charge >= 0.3 is 0 Å². The Morgan fingerprint density at radius 2 is 1.89 bits per heavy atom. The number of piperidine rings is 1. The molecule has 3 atom stereocenters. The van der Waals surface area contributed by atoms with Crippen LogP contribution in [-0.2, 0) is 4.74 Å². The van der Waals surface area contributed by atoms with Crippen molar-refractivity contribution >= 4 is 0 Å². The highest BCUT2D eigenvalue weighted by Gasteiger charge is 2.51. The van der Waals surface area contributed by atoms with Crippen LogP contribution in [0, 0.1) is 5.41 Å². The van der Waals surface area contributed by atoms with Crippen LogP contribution in [0.15, 0.2) is 0 Å². The lowest BCUT2D eigenvalue weighted by Gasteiger charge is -2.55. The fourth-order valence-electron chi connectivity index (χ4n) is 3.71. The lowest BCUT2D eigenvalue weighted by molar-refractivity contribution is -0.129. The summed E-state index contributed by atoms with van der Waals surface area (Å²) in [6.45, 7) is 13.7. The van der Waals surface area contributed by atoms with E-state index < -0.39 is 0 Å². The Morgan fingerprint density at radius 3 is 2.42 bits per heavy atom. The minimum Gasteiger partial charge on any atom is -0.378 e. The summed E-state index contributed by atoms with van der Waals surface area (Å²) in [5, 5.41) is 3.92. The van der Waals surface area contributed by atoms with Gasteiger partial charge in [0.2, 0.25) is 0 Å². The molecule has 0 amide bonds. The first-order valence-electron chi connectivity index (χ1n) is 8.24. The normalized spacial score (nSPS) is 37.3. The van der Waals surface area contributed by atoms with Crippen molar-refractivity contribution in [3.63, 3.8) is 0 Å². The van der Waals surface area contributed by atoms with Crippen molar-refractivity contribution in [1.82, 2.24) is 10.2 Å². The molecular formula is C16H32N2O. The standard InChI is InChI=1S/C16H32N2O/c1-5-16(4)14(12-15(16)19-7-3)17-13-8-10-18(6-2)11-9-13/h13-15,17H,5-12H2,1-4H3. The highest BCUT2D eigenvalue weighted by Crippen LogP contribution is 2.46. The van der Waals surface area contributed by atoms with Crippen molar-refractivity contribution in [2.75, 3.05) is 26.2 Å². The number of rotatable bonds is 6. The summed E-state index contributed by atoms with van der Waals surface area (Å²) >= 11 is 0. The van der Waals surface area contributed by atoms with E-state index in [1.54, 1.807) is 0 Å². The first-order chi connectivity index (χ1) is 9.13. The van der Waals surface area contributed by atoms with Crippen LogP contribution in [0.5, 0.6) is 0 Å². The summed E-state index contributed by atoms with van der Waals surface area (Å²) in [6, 6.07) is 1.38. The van der Waals surface area contributed by atoms with E-state index in [0.717, 1.165) is 12.6 Å². The second kappa shape index (κ2) is 6.55. The van der Waals surface area contributed by atoms with E-state index in [1.165, 1.54) is 45.3 Å². The average Bonchev–Trinajstić information content (AvgIpc) is 2.46. The minimum atomic E-state index is 0.345. The molecule has 19 heavy (non-hydrogen) atoms. The number of likely N-dealkylation sites (tertiary alicyclic amines) is 1. The number of hydrogen-bond acceptors (Lipinski definition) is 3. The zero-order valence-electron chi connectivity index (χ0n) is 13.2. The van der Waals surface area contributed by atoms with Gasteiger partial charge in [0, 0.05) is 24.1 Å². The van der Waals surface area contributed by atoms with E-state index in [9.17, 15) is 0 Å². The largest absolute Gasteiger partial charge is 0.378 e.